The molecule has 0 aromatic heterocycles. The van der Waals surface area contributed by atoms with Gasteiger partial charge >= 0.3 is 0 Å². The van der Waals surface area contributed by atoms with Crippen LogP contribution in [0.3, 0.4) is 0 Å². The van der Waals surface area contributed by atoms with E-state index in [4.69, 9.17) is 16.4 Å². The van der Waals surface area contributed by atoms with Crippen molar-refractivity contribution in [1.29, 1.82) is 4.78 Å². The topological polar surface area (TPSA) is 90.3 Å². The first-order chi connectivity index (χ1) is 16.5. The fraction of sp³-hybridized carbons (Fsp3) is 0.440. The highest BCUT2D eigenvalue weighted by molar-refractivity contribution is 7.91. The van der Waals surface area contributed by atoms with E-state index in [1.54, 1.807) is 17.0 Å². The smallest absolute Gasteiger partial charge is 0.254 e. The zero-order valence-corrected chi connectivity index (χ0v) is 21.1. The minimum Gasteiger partial charge on any atom is -0.347 e. The number of carbonyl (C=O) groups excluding carboxylic acids is 2. The summed E-state index contributed by atoms with van der Waals surface area (Å²) in [5.74, 6) is -2.26. The van der Waals surface area contributed by atoms with Gasteiger partial charge in [0.05, 0.1) is 20.8 Å². The highest BCUT2D eigenvalue weighted by Gasteiger charge is 2.43. The minimum absolute atomic E-state index is 0.0204. The van der Waals surface area contributed by atoms with Gasteiger partial charge in [0.2, 0.25) is 5.91 Å². The maximum absolute atomic E-state index is 14.7. The van der Waals surface area contributed by atoms with E-state index < -0.39 is 39.4 Å². The molecule has 2 aliphatic rings. The van der Waals surface area contributed by atoms with Crippen molar-refractivity contribution in [2.75, 3.05) is 6.26 Å². The molecule has 1 saturated heterocycles. The van der Waals surface area contributed by atoms with Gasteiger partial charge in [0, 0.05) is 28.3 Å². The van der Waals surface area contributed by atoms with Crippen LogP contribution in [0.25, 0.3) is 0 Å². The lowest BCUT2D eigenvalue weighted by Gasteiger charge is -2.31. The van der Waals surface area contributed by atoms with Crippen LogP contribution in [0.15, 0.2) is 41.3 Å². The van der Waals surface area contributed by atoms with Crippen molar-refractivity contribution in [3.05, 3.63) is 64.2 Å². The monoisotopic (exact) mass is 523 g/mol. The first-order valence-corrected chi connectivity index (χ1v) is 14.0. The SMILES string of the molecule is CC[C@@H]1CC[C@H](C(=O)NC(c2cc(F)c(Cl)cc2F)C2CC2)N1C(=O)c1cccc(S(C)(=N)=O)c1. The average Bonchev–Trinajstić information content (AvgIpc) is 3.56. The van der Waals surface area contributed by atoms with E-state index in [1.165, 1.54) is 18.4 Å². The highest BCUT2D eigenvalue weighted by atomic mass is 35.5. The van der Waals surface area contributed by atoms with Gasteiger partial charge in [0.25, 0.3) is 5.91 Å². The average molecular weight is 524 g/mol. The molecule has 2 fully saturated rings. The van der Waals surface area contributed by atoms with Crippen LogP contribution in [0.5, 0.6) is 0 Å². The van der Waals surface area contributed by atoms with Crippen molar-refractivity contribution >= 4 is 33.1 Å². The zero-order valence-electron chi connectivity index (χ0n) is 19.5. The van der Waals surface area contributed by atoms with Gasteiger partial charge in [0.1, 0.15) is 17.7 Å². The Morgan fingerprint density at radius 1 is 1.17 bits per heavy atom. The molecule has 188 valence electrons. The Bertz CT molecular complexity index is 1270. The number of nitrogens with one attached hydrogen (secondary N) is 2. The van der Waals surface area contributed by atoms with Crippen LogP contribution in [0.1, 0.15) is 61.0 Å². The van der Waals surface area contributed by atoms with Gasteiger partial charge in [-0.1, -0.05) is 24.6 Å². The Hall–Kier alpha value is -2.52. The molecule has 2 aromatic carbocycles. The van der Waals surface area contributed by atoms with E-state index in [0.29, 0.717) is 19.3 Å². The molecule has 10 heteroatoms. The van der Waals surface area contributed by atoms with E-state index in [0.717, 1.165) is 25.0 Å². The van der Waals surface area contributed by atoms with Crippen LogP contribution in [-0.2, 0) is 14.5 Å². The highest BCUT2D eigenvalue weighted by Crippen LogP contribution is 2.43. The Balaban J connectivity index is 1.61. The van der Waals surface area contributed by atoms with Crippen LogP contribution < -0.4 is 5.32 Å². The van der Waals surface area contributed by atoms with Crippen molar-refractivity contribution in [3.8, 4) is 0 Å². The number of likely N-dealkylation sites (tertiary alicyclic amines) is 1. The molecule has 0 bridgehead atoms. The molecule has 2 aromatic rings. The zero-order chi connectivity index (χ0) is 25.5. The van der Waals surface area contributed by atoms with E-state index >= 15 is 0 Å². The molecular formula is C25H28ClF2N3O3S. The molecule has 0 radical (unpaired) electrons. The van der Waals surface area contributed by atoms with Crippen LogP contribution in [-0.4, -0.2) is 39.3 Å². The number of hydrogen-bond donors (Lipinski definition) is 2. The summed E-state index contributed by atoms with van der Waals surface area (Å²) >= 11 is 5.70. The van der Waals surface area contributed by atoms with Gasteiger partial charge in [-0.15, -0.1) is 0 Å². The molecule has 2 amide bonds. The predicted molar refractivity (Wildman–Crippen MR) is 130 cm³/mol. The summed E-state index contributed by atoms with van der Waals surface area (Å²) in [7, 11) is -3.02. The maximum Gasteiger partial charge on any atom is 0.254 e. The summed E-state index contributed by atoms with van der Waals surface area (Å²) in [4.78, 5) is 28.7. The van der Waals surface area contributed by atoms with Gasteiger partial charge in [-0.05, 0) is 68.4 Å². The summed E-state index contributed by atoms with van der Waals surface area (Å²) in [6, 6.07) is 6.41. The third-order valence-electron chi connectivity index (χ3n) is 6.81. The van der Waals surface area contributed by atoms with Gasteiger partial charge in [-0.25, -0.2) is 17.8 Å². The quantitative estimate of drug-likeness (QED) is 0.482. The Morgan fingerprint density at radius 3 is 2.51 bits per heavy atom. The number of carbonyl (C=O) groups is 2. The fourth-order valence-electron chi connectivity index (χ4n) is 4.77. The van der Waals surface area contributed by atoms with Crippen molar-refractivity contribution in [2.24, 2.45) is 5.92 Å². The molecule has 6 nitrogen and oxygen atoms in total. The van der Waals surface area contributed by atoms with Crippen molar-refractivity contribution in [2.45, 2.75) is 62.0 Å². The molecular weight excluding hydrogens is 496 g/mol. The van der Waals surface area contributed by atoms with Gasteiger partial charge in [0.15, 0.2) is 0 Å². The van der Waals surface area contributed by atoms with E-state index in [1.807, 2.05) is 6.92 Å². The minimum atomic E-state index is -3.02. The molecule has 2 unspecified atom stereocenters. The summed E-state index contributed by atoms with van der Waals surface area (Å²) < 4.78 is 48.8. The second kappa shape index (κ2) is 9.85. The second-order valence-electron chi connectivity index (χ2n) is 9.35. The van der Waals surface area contributed by atoms with Crippen molar-refractivity contribution in [3.63, 3.8) is 0 Å². The molecule has 1 saturated carbocycles. The lowest BCUT2D eigenvalue weighted by atomic mass is 10.0. The number of benzene rings is 2. The summed E-state index contributed by atoms with van der Waals surface area (Å²) in [6.07, 6.45) is 4.54. The summed E-state index contributed by atoms with van der Waals surface area (Å²) in [5, 5.41) is 2.56. The molecule has 35 heavy (non-hydrogen) atoms. The third kappa shape index (κ3) is 5.35. The van der Waals surface area contributed by atoms with Gasteiger partial charge in [-0.3, -0.25) is 9.59 Å². The van der Waals surface area contributed by atoms with Gasteiger partial charge < -0.3 is 10.2 Å². The van der Waals surface area contributed by atoms with Crippen molar-refractivity contribution < 1.29 is 22.6 Å². The molecule has 4 atom stereocenters. The van der Waals surface area contributed by atoms with Gasteiger partial charge in [-0.2, -0.15) is 0 Å². The molecule has 2 N–H and O–H groups in total. The fourth-order valence-corrected chi connectivity index (χ4v) is 5.61. The maximum atomic E-state index is 14.7. The Labute approximate surface area is 209 Å². The van der Waals surface area contributed by atoms with Crippen LogP contribution in [0, 0.1) is 22.3 Å². The molecule has 1 aliphatic heterocycles. The first kappa shape index (κ1) is 25.6. The largest absolute Gasteiger partial charge is 0.347 e. The predicted octanol–water partition coefficient (Wildman–Crippen LogP) is 5.30. The number of hydrogen-bond acceptors (Lipinski definition) is 4. The van der Waals surface area contributed by atoms with Crippen LogP contribution in [0.2, 0.25) is 5.02 Å². The number of amides is 2. The van der Waals surface area contributed by atoms with E-state index in [9.17, 15) is 22.6 Å². The van der Waals surface area contributed by atoms with E-state index in [2.05, 4.69) is 5.32 Å². The first-order valence-electron chi connectivity index (χ1n) is 11.6. The third-order valence-corrected chi connectivity index (χ3v) is 8.25. The standard InChI is InChI=1S/C25H28ClF2N3O3S/c1-3-16-9-10-22(31(16)25(33)15-5-4-6-17(11-15)35(2,29)34)24(32)30-23(14-7-8-14)18-12-21(28)19(26)13-20(18)27/h4-6,11-14,16,22-23,29H,3,7-10H2,1-2H3,(H,30,32)/t16-,22-,23?,35?/m1/s1. The lowest BCUT2D eigenvalue weighted by molar-refractivity contribution is -0.126. The normalized spacial score (nSPS) is 22.5. The number of nitrogens with zero attached hydrogens (tertiary/aromatic N) is 1. The molecule has 4 rings (SSSR count). The second-order valence-corrected chi connectivity index (χ2v) is 11.9. The lowest BCUT2D eigenvalue weighted by Crippen LogP contribution is -2.49. The molecule has 1 aliphatic carbocycles. The Kier molecular flexibility index (Phi) is 7.20. The number of rotatable bonds is 7. The van der Waals surface area contributed by atoms with Crippen molar-refractivity contribution in [1.82, 2.24) is 10.2 Å². The van der Waals surface area contributed by atoms with E-state index in [-0.39, 0.29) is 38.9 Å². The molecule has 1 heterocycles. The summed E-state index contributed by atoms with van der Waals surface area (Å²) in [5.41, 5.74) is 0.304. The number of halogens is 3. The van der Waals surface area contributed by atoms with Crippen LogP contribution >= 0.6 is 11.6 Å². The summed E-state index contributed by atoms with van der Waals surface area (Å²) in [6.45, 7) is 1.93. The Morgan fingerprint density at radius 2 is 1.89 bits per heavy atom. The van der Waals surface area contributed by atoms with Crippen LogP contribution in [0.4, 0.5) is 8.78 Å². The molecule has 0 spiro atoms.